The van der Waals surface area contributed by atoms with E-state index in [1.54, 1.807) is 18.2 Å². The van der Waals surface area contributed by atoms with Gasteiger partial charge in [0.25, 0.3) is 0 Å². The molecule has 0 saturated carbocycles. The van der Waals surface area contributed by atoms with E-state index in [4.69, 9.17) is 23.2 Å². The third-order valence-electron chi connectivity index (χ3n) is 6.71. The third kappa shape index (κ3) is 5.91. The van der Waals surface area contributed by atoms with E-state index in [2.05, 4.69) is 23.5 Å². The summed E-state index contributed by atoms with van der Waals surface area (Å²) in [5.74, 6) is -0.610. The standard InChI is InChI=1S/C25H30Cl2N2O3S/c1-17(20-10-9-19-5-2-3-6-21(19)14-20)28-25(30)22-7-4-12-29(15-22)33(31,32)16-18-8-11-23(26)24(27)13-18/h8-11,13-14,17,22H,2-7,12,15-16H2,1H3,(H,28,30)/t17-,22-/m0/s1. The first kappa shape index (κ1) is 24.5. The first-order valence-electron chi connectivity index (χ1n) is 11.6. The van der Waals surface area contributed by atoms with Crippen LogP contribution in [0.5, 0.6) is 0 Å². The van der Waals surface area contributed by atoms with Crippen LogP contribution in [0.3, 0.4) is 0 Å². The van der Waals surface area contributed by atoms with Crippen LogP contribution in [0.1, 0.15) is 60.9 Å². The summed E-state index contributed by atoms with van der Waals surface area (Å²) in [5, 5.41) is 3.83. The van der Waals surface area contributed by atoms with E-state index < -0.39 is 10.0 Å². The van der Waals surface area contributed by atoms with Gasteiger partial charge in [-0.15, -0.1) is 0 Å². The van der Waals surface area contributed by atoms with Gasteiger partial charge in [-0.1, -0.05) is 47.5 Å². The number of fused-ring (bicyclic) bond motifs is 1. The van der Waals surface area contributed by atoms with Gasteiger partial charge >= 0.3 is 0 Å². The van der Waals surface area contributed by atoms with E-state index in [0.29, 0.717) is 35.0 Å². The van der Waals surface area contributed by atoms with Crippen LogP contribution in [-0.4, -0.2) is 31.7 Å². The largest absolute Gasteiger partial charge is 0.349 e. The molecule has 0 radical (unpaired) electrons. The number of hydrogen-bond acceptors (Lipinski definition) is 3. The predicted octanol–water partition coefficient (Wildman–Crippen LogP) is 5.29. The molecule has 1 fully saturated rings. The molecule has 4 rings (SSSR count). The molecule has 1 aliphatic carbocycles. The SMILES string of the molecule is C[C@H](NC(=O)[C@H]1CCCN(S(=O)(=O)Cc2ccc(Cl)c(Cl)c2)C1)c1ccc2c(c1)CCCC2. The van der Waals surface area contributed by atoms with Crippen LogP contribution in [-0.2, 0) is 33.4 Å². The number of benzene rings is 2. The van der Waals surface area contributed by atoms with Gasteiger partial charge in [0, 0.05) is 13.1 Å². The number of nitrogens with zero attached hydrogens (tertiary/aromatic N) is 1. The van der Waals surface area contributed by atoms with Gasteiger partial charge < -0.3 is 5.32 Å². The zero-order valence-corrected chi connectivity index (χ0v) is 21.1. The molecule has 8 heteroatoms. The van der Waals surface area contributed by atoms with Crippen LogP contribution in [0.2, 0.25) is 10.0 Å². The topological polar surface area (TPSA) is 66.5 Å². The summed E-state index contributed by atoms with van der Waals surface area (Å²) < 4.78 is 27.5. The monoisotopic (exact) mass is 508 g/mol. The highest BCUT2D eigenvalue weighted by molar-refractivity contribution is 7.88. The van der Waals surface area contributed by atoms with Crippen molar-refractivity contribution in [2.75, 3.05) is 13.1 Å². The molecule has 5 nitrogen and oxygen atoms in total. The van der Waals surface area contributed by atoms with Crippen molar-refractivity contribution in [3.8, 4) is 0 Å². The molecule has 1 saturated heterocycles. The normalized spacial score (nSPS) is 20.2. The number of carbonyl (C=O) groups excluding carboxylic acids is 1. The Morgan fingerprint density at radius 3 is 2.58 bits per heavy atom. The molecule has 1 aliphatic heterocycles. The summed E-state index contributed by atoms with van der Waals surface area (Å²) in [6, 6.07) is 11.2. The number of carbonyl (C=O) groups is 1. The van der Waals surface area contributed by atoms with Gasteiger partial charge in [0.15, 0.2) is 0 Å². The fraction of sp³-hybridized carbons (Fsp3) is 0.480. The van der Waals surface area contributed by atoms with Crippen molar-refractivity contribution in [2.24, 2.45) is 5.92 Å². The maximum Gasteiger partial charge on any atom is 0.224 e. The highest BCUT2D eigenvalue weighted by atomic mass is 35.5. The van der Waals surface area contributed by atoms with Crippen molar-refractivity contribution >= 4 is 39.1 Å². The number of sulfonamides is 1. The fourth-order valence-corrected chi connectivity index (χ4v) is 6.70. The summed E-state index contributed by atoms with van der Waals surface area (Å²) in [4.78, 5) is 13.0. The fourth-order valence-electron chi connectivity index (χ4n) is 4.78. The molecule has 0 spiro atoms. The van der Waals surface area contributed by atoms with E-state index in [1.807, 2.05) is 6.92 Å². The number of piperidine rings is 1. The van der Waals surface area contributed by atoms with Crippen LogP contribution in [0.4, 0.5) is 0 Å². The lowest BCUT2D eigenvalue weighted by Gasteiger charge is -2.32. The number of nitrogens with one attached hydrogen (secondary N) is 1. The Balaban J connectivity index is 1.39. The second-order valence-corrected chi connectivity index (χ2v) is 12.0. The van der Waals surface area contributed by atoms with Crippen LogP contribution in [0.25, 0.3) is 0 Å². The summed E-state index contributed by atoms with van der Waals surface area (Å²) in [6.45, 7) is 2.62. The van der Waals surface area contributed by atoms with Gasteiger partial charge in [-0.05, 0) is 79.8 Å². The number of halogens is 2. The lowest BCUT2D eigenvalue weighted by atomic mass is 9.89. The van der Waals surface area contributed by atoms with Gasteiger partial charge in [0.2, 0.25) is 15.9 Å². The zero-order chi connectivity index (χ0) is 23.6. The smallest absolute Gasteiger partial charge is 0.224 e. The van der Waals surface area contributed by atoms with Gasteiger partial charge in [-0.3, -0.25) is 4.79 Å². The number of amides is 1. The Hall–Kier alpha value is -1.60. The lowest BCUT2D eigenvalue weighted by Crippen LogP contribution is -2.46. The second kappa shape index (κ2) is 10.3. The van der Waals surface area contributed by atoms with Gasteiger partial charge in [-0.25, -0.2) is 12.7 Å². The molecule has 1 amide bonds. The number of hydrogen-bond donors (Lipinski definition) is 1. The average Bonchev–Trinajstić information content (AvgIpc) is 2.81. The molecule has 1 heterocycles. The molecule has 2 atom stereocenters. The molecule has 0 unspecified atom stereocenters. The number of rotatable bonds is 6. The zero-order valence-electron chi connectivity index (χ0n) is 18.8. The minimum absolute atomic E-state index is 0.0883. The second-order valence-electron chi connectivity index (χ2n) is 9.17. The molecular formula is C25H30Cl2N2O3S. The van der Waals surface area contributed by atoms with Gasteiger partial charge in [0.1, 0.15) is 0 Å². The van der Waals surface area contributed by atoms with Crippen molar-refractivity contribution < 1.29 is 13.2 Å². The van der Waals surface area contributed by atoms with E-state index in [9.17, 15) is 13.2 Å². The molecule has 2 aromatic rings. The van der Waals surface area contributed by atoms with Crippen LogP contribution >= 0.6 is 23.2 Å². The minimum atomic E-state index is -3.57. The van der Waals surface area contributed by atoms with Crippen molar-refractivity contribution in [1.29, 1.82) is 0 Å². The van der Waals surface area contributed by atoms with Gasteiger partial charge in [0.05, 0.1) is 27.8 Å². The first-order valence-corrected chi connectivity index (χ1v) is 13.9. The van der Waals surface area contributed by atoms with E-state index in [1.165, 1.54) is 28.3 Å². The lowest BCUT2D eigenvalue weighted by molar-refractivity contribution is -0.126. The maximum atomic E-state index is 13.0. The molecule has 0 aromatic heterocycles. The van der Waals surface area contributed by atoms with E-state index >= 15 is 0 Å². The highest BCUT2D eigenvalue weighted by Crippen LogP contribution is 2.28. The van der Waals surface area contributed by atoms with Crippen LogP contribution in [0.15, 0.2) is 36.4 Å². The third-order valence-corrected chi connectivity index (χ3v) is 9.27. The van der Waals surface area contributed by atoms with Crippen molar-refractivity contribution in [2.45, 2.75) is 57.2 Å². The van der Waals surface area contributed by atoms with Crippen LogP contribution < -0.4 is 5.32 Å². The quantitative estimate of drug-likeness (QED) is 0.576. The average molecular weight is 509 g/mol. The maximum absolute atomic E-state index is 13.0. The molecule has 2 aliphatic rings. The summed E-state index contributed by atoms with van der Waals surface area (Å²) >= 11 is 12.0. The summed E-state index contributed by atoms with van der Waals surface area (Å²) in [7, 11) is -3.57. The van der Waals surface area contributed by atoms with E-state index in [-0.39, 0.29) is 30.2 Å². The highest BCUT2D eigenvalue weighted by Gasteiger charge is 2.33. The van der Waals surface area contributed by atoms with Crippen LogP contribution in [0, 0.1) is 5.92 Å². The first-order chi connectivity index (χ1) is 15.7. The Kier molecular flexibility index (Phi) is 7.69. The Labute approximate surface area is 206 Å². The molecule has 1 N–H and O–H groups in total. The molecular weight excluding hydrogens is 479 g/mol. The molecule has 178 valence electrons. The summed E-state index contributed by atoms with van der Waals surface area (Å²) in [5.41, 5.74) is 4.48. The minimum Gasteiger partial charge on any atom is -0.349 e. The molecule has 2 aromatic carbocycles. The Morgan fingerprint density at radius 2 is 1.82 bits per heavy atom. The van der Waals surface area contributed by atoms with Crippen molar-refractivity contribution in [3.63, 3.8) is 0 Å². The summed E-state index contributed by atoms with van der Waals surface area (Å²) in [6.07, 6.45) is 6.02. The van der Waals surface area contributed by atoms with Crippen molar-refractivity contribution in [3.05, 3.63) is 68.7 Å². The number of aryl methyl sites for hydroxylation is 2. The Morgan fingerprint density at radius 1 is 1.06 bits per heavy atom. The van der Waals surface area contributed by atoms with E-state index in [0.717, 1.165) is 18.4 Å². The molecule has 33 heavy (non-hydrogen) atoms. The molecule has 0 bridgehead atoms. The van der Waals surface area contributed by atoms with Gasteiger partial charge in [-0.2, -0.15) is 0 Å². The van der Waals surface area contributed by atoms with Crippen molar-refractivity contribution in [1.82, 2.24) is 9.62 Å². The predicted molar refractivity (Wildman–Crippen MR) is 133 cm³/mol. The Bertz CT molecular complexity index is 1140.